The second-order valence-electron chi connectivity index (χ2n) is 5.53. The van der Waals surface area contributed by atoms with Crippen molar-refractivity contribution in [2.75, 3.05) is 19.7 Å². The SMILES string of the molecule is CCOC(=O)C1CCCN(C(=O)N/C=C(\C)C(C)C)C1. The number of piperidine rings is 1. The quantitative estimate of drug-likeness (QED) is 0.806. The van der Waals surface area contributed by atoms with Gasteiger partial charge in [-0.25, -0.2) is 4.79 Å². The smallest absolute Gasteiger partial charge is 0.321 e. The third kappa shape index (κ3) is 4.87. The van der Waals surface area contributed by atoms with Crippen LogP contribution in [-0.4, -0.2) is 36.6 Å². The van der Waals surface area contributed by atoms with E-state index in [1.807, 2.05) is 6.92 Å². The molecule has 1 heterocycles. The summed E-state index contributed by atoms with van der Waals surface area (Å²) in [4.78, 5) is 25.5. The first-order valence-electron chi connectivity index (χ1n) is 7.34. The zero-order valence-electron chi connectivity index (χ0n) is 12.9. The van der Waals surface area contributed by atoms with Crippen molar-refractivity contribution >= 4 is 12.0 Å². The predicted octanol–water partition coefficient (Wildman–Crippen LogP) is 2.53. The van der Waals surface area contributed by atoms with Gasteiger partial charge in [0.1, 0.15) is 0 Å². The molecule has 1 atom stereocenters. The number of likely N-dealkylation sites (tertiary alicyclic amines) is 1. The van der Waals surface area contributed by atoms with Gasteiger partial charge in [-0.2, -0.15) is 0 Å². The van der Waals surface area contributed by atoms with E-state index in [9.17, 15) is 9.59 Å². The Morgan fingerprint density at radius 2 is 2.15 bits per heavy atom. The second kappa shape index (κ2) is 7.92. The molecule has 0 saturated carbocycles. The number of carbonyl (C=O) groups is 2. The molecule has 0 radical (unpaired) electrons. The molecule has 0 bridgehead atoms. The second-order valence-corrected chi connectivity index (χ2v) is 5.53. The fraction of sp³-hybridized carbons (Fsp3) is 0.733. The van der Waals surface area contributed by atoms with Crippen LogP contribution in [0.1, 0.15) is 40.5 Å². The Labute approximate surface area is 121 Å². The van der Waals surface area contributed by atoms with E-state index < -0.39 is 0 Å². The molecule has 1 fully saturated rings. The maximum absolute atomic E-state index is 12.1. The minimum absolute atomic E-state index is 0.140. The van der Waals surface area contributed by atoms with Crippen molar-refractivity contribution < 1.29 is 14.3 Å². The minimum atomic E-state index is -0.195. The number of nitrogens with zero attached hydrogens (tertiary/aromatic N) is 1. The fourth-order valence-corrected chi connectivity index (χ4v) is 2.05. The van der Waals surface area contributed by atoms with Crippen LogP contribution < -0.4 is 5.32 Å². The number of allylic oxidation sites excluding steroid dienone is 1. The Kier molecular flexibility index (Phi) is 6.55. The lowest BCUT2D eigenvalue weighted by molar-refractivity contribution is -0.149. The lowest BCUT2D eigenvalue weighted by Gasteiger charge is -2.31. The van der Waals surface area contributed by atoms with Crippen LogP contribution in [0.4, 0.5) is 4.79 Å². The van der Waals surface area contributed by atoms with Gasteiger partial charge in [0.15, 0.2) is 0 Å². The minimum Gasteiger partial charge on any atom is -0.466 e. The molecule has 2 amide bonds. The molecule has 114 valence electrons. The van der Waals surface area contributed by atoms with Crippen LogP contribution in [0.25, 0.3) is 0 Å². The van der Waals surface area contributed by atoms with E-state index in [-0.39, 0.29) is 17.9 Å². The summed E-state index contributed by atoms with van der Waals surface area (Å²) in [5.74, 6) is 0.0208. The fourth-order valence-electron chi connectivity index (χ4n) is 2.05. The number of nitrogens with one attached hydrogen (secondary N) is 1. The monoisotopic (exact) mass is 282 g/mol. The van der Waals surface area contributed by atoms with E-state index in [1.54, 1.807) is 18.0 Å². The molecule has 1 saturated heterocycles. The molecule has 20 heavy (non-hydrogen) atoms. The van der Waals surface area contributed by atoms with Crippen LogP contribution >= 0.6 is 0 Å². The van der Waals surface area contributed by atoms with Crippen LogP contribution in [0.2, 0.25) is 0 Å². The lowest BCUT2D eigenvalue weighted by Crippen LogP contribution is -2.46. The molecule has 0 aliphatic carbocycles. The molecule has 1 N–H and O–H groups in total. The summed E-state index contributed by atoms with van der Waals surface area (Å²) >= 11 is 0. The third-order valence-electron chi connectivity index (χ3n) is 3.66. The van der Waals surface area contributed by atoms with Gasteiger partial charge in [-0.05, 0) is 32.6 Å². The summed E-state index contributed by atoms with van der Waals surface area (Å²) in [5, 5.41) is 2.80. The van der Waals surface area contributed by atoms with E-state index in [0.717, 1.165) is 18.4 Å². The molecule has 1 aliphatic heterocycles. The van der Waals surface area contributed by atoms with Gasteiger partial charge in [0, 0.05) is 19.3 Å². The van der Waals surface area contributed by atoms with Crippen molar-refractivity contribution in [1.82, 2.24) is 10.2 Å². The lowest BCUT2D eigenvalue weighted by atomic mass is 9.98. The third-order valence-corrected chi connectivity index (χ3v) is 3.66. The Morgan fingerprint density at radius 3 is 2.75 bits per heavy atom. The van der Waals surface area contributed by atoms with Gasteiger partial charge in [-0.15, -0.1) is 0 Å². The molecular formula is C15H26N2O3. The standard InChI is InChI=1S/C15H26N2O3/c1-5-20-14(18)13-7-6-8-17(10-13)15(19)16-9-12(4)11(2)3/h9,11,13H,5-8,10H2,1-4H3,(H,16,19)/b12-9+. The largest absolute Gasteiger partial charge is 0.466 e. The van der Waals surface area contributed by atoms with E-state index in [4.69, 9.17) is 4.74 Å². The van der Waals surface area contributed by atoms with Crippen molar-refractivity contribution in [3.63, 3.8) is 0 Å². The highest BCUT2D eigenvalue weighted by atomic mass is 16.5. The number of urea groups is 1. The Bertz CT molecular complexity index is 377. The van der Waals surface area contributed by atoms with Gasteiger partial charge in [-0.1, -0.05) is 19.4 Å². The van der Waals surface area contributed by atoms with E-state index in [1.165, 1.54) is 0 Å². The van der Waals surface area contributed by atoms with Gasteiger partial charge < -0.3 is 15.0 Å². The van der Waals surface area contributed by atoms with Crippen LogP contribution in [0, 0.1) is 11.8 Å². The first kappa shape index (κ1) is 16.5. The van der Waals surface area contributed by atoms with Gasteiger partial charge in [0.25, 0.3) is 0 Å². The zero-order valence-corrected chi connectivity index (χ0v) is 12.9. The highest BCUT2D eigenvalue weighted by Gasteiger charge is 2.29. The number of ether oxygens (including phenoxy) is 1. The summed E-state index contributed by atoms with van der Waals surface area (Å²) < 4.78 is 5.03. The molecule has 0 aromatic heterocycles. The summed E-state index contributed by atoms with van der Waals surface area (Å²) in [5.41, 5.74) is 1.12. The van der Waals surface area contributed by atoms with Gasteiger partial charge >= 0.3 is 12.0 Å². The summed E-state index contributed by atoms with van der Waals surface area (Å²) in [6.07, 6.45) is 3.38. The van der Waals surface area contributed by atoms with Gasteiger partial charge in [0.2, 0.25) is 0 Å². The maximum atomic E-state index is 12.1. The average Bonchev–Trinajstić information content (AvgIpc) is 2.44. The van der Waals surface area contributed by atoms with Crippen LogP contribution in [0.3, 0.4) is 0 Å². The number of amides is 2. The zero-order chi connectivity index (χ0) is 15.1. The van der Waals surface area contributed by atoms with Crippen LogP contribution in [0.15, 0.2) is 11.8 Å². The number of carbonyl (C=O) groups excluding carboxylic acids is 2. The number of rotatable bonds is 4. The highest BCUT2D eigenvalue weighted by Crippen LogP contribution is 2.18. The first-order valence-corrected chi connectivity index (χ1v) is 7.34. The van der Waals surface area contributed by atoms with E-state index >= 15 is 0 Å². The normalized spacial score (nSPS) is 19.9. The molecule has 0 spiro atoms. The Balaban J connectivity index is 2.52. The maximum Gasteiger partial charge on any atom is 0.321 e. The highest BCUT2D eigenvalue weighted by molar-refractivity contribution is 5.78. The molecule has 0 aromatic rings. The molecule has 1 aliphatic rings. The summed E-state index contributed by atoms with van der Waals surface area (Å²) in [7, 11) is 0. The van der Waals surface area contributed by atoms with E-state index in [2.05, 4.69) is 19.2 Å². The van der Waals surface area contributed by atoms with Crippen molar-refractivity contribution in [2.24, 2.45) is 11.8 Å². The number of hydrogen-bond donors (Lipinski definition) is 1. The Hall–Kier alpha value is -1.52. The van der Waals surface area contributed by atoms with Crippen molar-refractivity contribution in [2.45, 2.75) is 40.5 Å². The van der Waals surface area contributed by atoms with Crippen LogP contribution in [-0.2, 0) is 9.53 Å². The first-order chi connectivity index (χ1) is 9.45. The molecule has 5 nitrogen and oxygen atoms in total. The Morgan fingerprint density at radius 1 is 1.45 bits per heavy atom. The summed E-state index contributed by atoms with van der Waals surface area (Å²) in [6, 6.07) is -0.140. The molecule has 0 aromatic carbocycles. The van der Waals surface area contributed by atoms with Crippen molar-refractivity contribution in [3.8, 4) is 0 Å². The molecule has 1 unspecified atom stereocenters. The van der Waals surface area contributed by atoms with E-state index in [0.29, 0.717) is 25.6 Å². The molecule has 5 heteroatoms. The average molecular weight is 282 g/mol. The molecule has 1 rings (SSSR count). The summed E-state index contributed by atoms with van der Waals surface area (Å²) in [6.45, 7) is 9.46. The number of hydrogen-bond acceptors (Lipinski definition) is 3. The predicted molar refractivity (Wildman–Crippen MR) is 78.1 cm³/mol. The van der Waals surface area contributed by atoms with Crippen LogP contribution in [0.5, 0.6) is 0 Å². The van der Waals surface area contributed by atoms with Gasteiger partial charge in [-0.3, -0.25) is 4.79 Å². The number of esters is 1. The van der Waals surface area contributed by atoms with Crippen molar-refractivity contribution in [1.29, 1.82) is 0 Å². The van der Waals surface area contributed by atoms with Crippen molar-refractivity contribution in [3.05, 3.63) is 11.8 Å². The van der Waals surface area contributed by atoms with Gasteiger partial charge in [0.05, 0.1) is 12.5 Å². The topological polar surface area (TPSA) is 58.6 Å². The molecular weight excluding hydrogens is 256 g/mol.